The lowest BCUT2D eigenvalue weighted by Gasteiger charge is -2.14. The van der Waals surface area contributed by atoms with Gasteiger partial charge < -0.3 is 9.47 Å². The molecule has 1 aromatic carbocycles. The third kappa shape index (κ3) is 1.51. The summed E-state index contributed by atoms with van der Waals surface area (Å²) in [7, 11) is 3.24. The van der Waals surface area contributed by atoms with E-state index in [2.05, 4.69) is 6.07 Å². The van der Waals surface area contributed by atoms with Crippen LogP contribution in [0.15, 0.2) is 12.1 Å². The lowest BCUT2D eigenvalue weighted by Crippen LogP contribution is -2.04. The summed E-state index contributed by atoms with van der Waals surface area (Å²) in [6.07, 6.45) is 1.89. The molecule has 0 N–H and O–H groups in total. The second-order valence-electron chi connectivity index (χ2n) is 4.22. The highest BCUT2D eigenvalue weighted by Gasteiger charge is 2.45. The number of benzene rings is 1. The lowest BCUT2D eigenvalue weighted by molar-refractivity contribution is 0.352. The number of rotatable bonds is 3. The van der Waals surface area contributed by atoms with E-state index in [1.165, 1.54) is 0 Å². The Morgan fingerprint density at radius 1 is 1.25 bits per heavy atom. The van der Waals surface area contributed by atoms with Crippen molar-refractivity contribution in [3.05, 3.63) is 23.3 Å². The molecular formula is C13H15NO2. The van der Waals surface area contributed by atoms with Crippen molar-refractivity contribution in [2.45, 2.75) is 25.2 Å². The van der Waals surface area contributed by atoms with Crippen LogP contribution in [0.25, 0.3) is 0 Å². The lowest BCUT2D eigenvalue weighted by atomic mass is 9.95. The number of nitrogens with zero attached hydrogens (tertiary/aromatic N) is 1. The molecule has 0 aromatic heterocycles. The monoisotopic (exact) mass is 217 g/mol. The van der Waals surface area contributed by atoms with Gasteiger partial charge in [-0.1, -0.05) is 6.07 Å². The minimum Gasteiger partial charge on any atom is -0.493 e. The molecule has 0 aliphatic heterocycles. The first-order valence-corrected chi connectivity index (χ1v) is 5.31. The van der Waals surface area contributed by atoms with Gasteiger partial charge in [-0.25, -0.2) is 0 Å². The van der Waals surface area contributed by atoms with E-state index < -0.39 is 0 Å². The molecule has 16 heavy (non-hydrogen) atoms. The van der Waals surface area contributed by atoms with Crippen LogP contribution in [0.2, 0.25) is 0 Å². The predicted octanol–water partition coefficient (Wildman–Crippen LogP) is 2.57. The van der Waals surface area contributed by atoms with Gasteiger partial charge in [-0.2, -0.15) is 5.26 Å². The zero-order valence-corrected chi connectivity index (χ0v) is 9.83. The Morgan fingerprint density at radius 2 is 1.94 bits per heavy atom. The number of hydrogen-bond donors (Lipinski definition) is 0. The quantitative estimate of drug-likeness (QED) is 0.781. The van der Waals surface area contributed by atoms with Crippen molar-refractivity contribution in [1.82, 2.24) is 0 Å². The molecule has 1 aromatic rings. The summed E-state index contributed by atoms with van der Waals surface area (Å²) < 4.78 is 10.6. The second-order valence-corrected chi connectivity index (χ2v) is 4.22. The maximum absolute atomic E-state index is 9.17. The van der Waals surface area contributed by atoms with E-state index in [0.717, 1.165) is 29.7 Å². The first-order chi connectivity index (χ1) is 7.66. The van der Waals surface area contributed by atoms with Gasteiger partial charge in [-0.15, -0.1) is 0 Å². The van der Waals surface area contributed by atoms with Crippen LogP contribution < -0.4 is 9.47 Å². The predicted molar refractivity (Wildman–Crippen MR) is 60.8 cm³/mol. The van der Waals surface area contributed by atoms with Crippen molar-refractivity contribution in [3.63, 3.8) is 0 Å². The van der Waals surface area contributed by atoms with Crippen molar-refractivity contribution in [1.29, 1.82) is 5.26 Å². The largest absolute Gasteiger partial charge is 0.493 e. The molecule has 0 spiro atoms. The normalized spacial score (nSPS) is 16.4. The Balaban J connectivity index is 2.51. The molecular weight excluding hydrogens is 202 g/mol. The molecule has 0 unspecified atom stereocenters. The molecule has 1 aliphatic carbocycles. The van der Waals surface area contributed by atoms with E-state index in [9.17, 15) is 0 Å². The number of methoxy groups -OCH3 is 2. The molecule has 1 aliphatic rings. The number of aryl methyl sites for hydroxylation is 1. The molecule has 1 fully saturated rings. The topological polar surface area (TPSA) is 42.2 Å². The zero-order valence-electron chi connectivity index (χ0n) is 9.83. The minimum atomic E-state index is -0.274. The molecule has 3 heteroatoms. The van der Waals surface area contributed by atoms with Gasteiger partial charge in [0.05, 0.1) is 25.7 Å². The van der Waals surface area contributed by atoms with Gasteiger partial charge in [0.2, 0.25) is 0 Å². The summed E-state index contributed by atoms with van der Waals surface area (Å²) in [4.78, 5) is 0. The van der Waals surface area contributed by atoms with Crippen molar-refractivity contribution < 1.29 is 9.47 Å². The molecule has 0 heterocycles. The van der Waals surface area contributed by atoms with Crippen LogP contribution in [-0.4, -0.2) is 14.2 Å². The Morgan fingerprint density at radius 3 is 2.38 bits per heavy atom. The van der Waals surface area contributed by atoms with Crippen molar-refractivity contribution >= 4 is 0 Å². The summed E-state index contributed by atoms with van der Waals surface area (Å²) in [5, 5.41) is 9.17. The fourth-order valence-corrected chi connectivity index (χ4v) is 2.02. The highest BCUT2D eigenvalue weighted by atomic mass is 16.5. The standard InChI is InChI=1S/C13H15NO2/c1-9-6-10(13(8-14)4-5-13)7-11(15-2)12(9)16-3/h6-7H,4-5H2,1-3H3. The molecule has 1 saturated carbocycles. The zero-order chi connectivity index (χ0) is 11.8. The van der Waals surface area contributed by atoms with Gasteiger partial charge in [0.15, 0.2) is 11.5 Å². The smallest absolute Gasteiger partial charge is 0.163 e. The molecule has 0 amide bonds. The number of hydrogen-bond acceptors (Lipinski definition) is 3. The molecule has 0 radical (unpaired) electrons. The Hall–Kier alpha value is -1.69. The fourth-order valence-electron chi connectivity index (χ4n) is 2.02. The molecule has 0 saturated heterocycles. The van der Waals surface area contributed by atoms with Crippen LogP contribution in [0.4, 0.5) is 0 Å². The van der Waals surface area contributed by atoms with E-state index in [0.29, 0.717) is 5.75 Å². The summed E-state index contributed by atoms with van der Waals surface area (Å²) in [5.41, 5.74) is 1.79. The Labute approximate surface area is 95.6 Å². The van der Waals surface area contributed by atoms with Crippen LogP contribution in [0.5, 0.6) is 11.5 Å². The van der Waals surface area contributed by atoms with Gasteiger partial charge in [-0.3, -0.25) is 0 Å². The van der Waals surface area contributed by atoms with Gasteiger partial charge in [0, 0.05) is 0 Å². The van der Waals surface area contributed by atoms with Gasteiger partial charge in [0.1, 0.15) is 0 Å². The first kappa shape index (κ1) is 10.8. The average Bonchev–Trinajstić information content (AvgIpc) is 3.08. The third-order valence-corrected chi connectivity index (χ3v) is 3.18. The van der Waals surface area contributed by atoms with Gasteiger partial charge in [0.25, 0.3) is 0 Å². The van der Waals surface area contributed by atoms with Gasteiger partial charge in [-0.05, 0) is 37.0 Å². The second kappa shape index (κ2) is 3.71. The van der Waals surface area contributed by atoms with E-state index in [1.807, 2.05) is 19.1 Å². The molecule has 2 rings (SSSR count). The van der Waals surface area contributed by atoms with Gasteiger partial charge >= 0.3 is 0 Å². The van der Waals surface area contributed by atoms with Crippen molar-refractivity contribution in [2.24, 2.45) is 0 Å². The van der Waals surface area contributed by atoms with Crippen LogP contribution >= 0.6 is 0 Å². The van der Waals surface area contributed by atoms with Crippen LogP contribution in [-0.2, 0) is 5.41 Å². The van der Waals surface area contributed by atoms with E-state index in [4.69, 9.17) is 14.7 Å². The summed E-state index contributed by atoms with van der Waals surface area (Å²) in [6, 6.07) is 6.33. The minimum absolute atomic E-state index is 0.274. The van der Waals surface area contributed by atoms with E-state index in [-0.39, 0.29) is 5.41 Å². The number of ether oxygens (including phenoxy) is 2. The maximum atomic E-state index is 9.17. The SMILES string of the molecule is COc1cc(C2(C#N)CC2)cc(C)c1OC. The third-order valence-electron chi connectivity index (χ3n) is 3.18. The molecule has 0 bridgehead atoms. The Bertz CT molecular complexity index is 456. The molecule has 0 atom stereocenters. The highest BCUT2D eigenvalue weighted by Crippen LogP contribution is 2.49. The number of nitriles is 1. The van der Waals surface area contributed by atoms with Crippen LogP contribution in [0, 0.1) is 18.3 Å². The summed E-state index contributed by atoms with van der Waals surface area (Å²) in [6.45, 7) is 1.97. The highest BCUT2D eigenvalue weighted by molar-refractivity contribution is 5.53. The summed E-state index contributed by atoms with van der Waals surface area (Å²) >= 11 is 0. The first-order valence-electron chi connectivity index (χ1n) is 5.31. The van der Waals surface area contributed by atoms with E-state index in [1.54, 1.807) is 14.2 Å². The fraction of sp³-hybridized carbons (Fsp3) is 0.462. The average molecular weight is 217 g/mol. The molecule has 3 nitrogen and oxygen atoms in total. The summed E-state index contributed by atoms with van der Waals surface area (Å²) in [5.74, 6) is 1.46. The van der Waals surface area contributed by atoms with Crippen LogP contribution in [0.1, 0.15) is 24.0 Å². The molecule has 84 valence electrons. The van der Waals surface area contributed by atoms with E-state index >= 15 is 0 Å². The van der Waals surface area contributed by atoms with Crippen molar-refractivity contribution in [3.8, 4) is 17.6 Å². The maximum Gasteiger partial charge on any atom is 0.163 e. The van der Waals surface area contributed by atoms with Crippen LogP contribution in [0.3, 0.4) is 0 Å². The van der Waals surface area contributed by atoms with Crippen molar-refractivity contribution in [2.75, 3.05) is 14.2 Å². The Kier molecular flexibility index (Phi) is 2.51.